The van der Waals surface area contributed by atoms with Crippen LogP contribution in [0.4, 0.5) is 0 Å². The summed E-state index contributed by atoms with van der Waals surface area (Å²) in [7, 11) is 0. The number of hydrogen-bond donors (Lipinski definition) is 0. The lowest BCUT2D eigenvalue weighted by atomic mass is 10.1. The summed E-state index contributed by atoms with van der Waals surface area (Å²) < 4.78 is 2.08. The number of hydrogen-bond acceptors (Lipinski definition) is 2. The van der Waals surface area contributed by atoms with E-state index in [2.05, 4.69) is 35.8 Å². The molecular formula is C13H25N3. The SMILES string of the molecule is CCCCCCn1nncc1CCC(C)C. The molecular weight excluding hydrogens is 198 g/mol. The Labute approximate surface area is 99.2 Å². The van der Waals surface area contributed by atoms with Crippen LogP contribution in [0.25, 0.3) is 0 Å². The molecule has 0 saturated heterocycles. The van der Waals surface area contributed by atoms with Gasteiger partial charge < -0.3 is 0 Å². The van der Waals surface area contributed by atoms with Crippen LogP contribution in [0.5, 0.6) is 0 Å². The molecule has 0 bridgehead atoms. The summed E-state index contributed by atoms with van der Waals surface area (Å²) in [6, 6.07) is 0. The van der Waals surface area contributed by atoms with E-state index in [1.54, 1.807) is 0 Å². The van der Waals surface area contributed by atoms with Gasteiger partial charge in [0.1, 0.15) is 0 Å². The standard InChI is InChI=1S/C13H25N3/c1-4-5-6-7-10-16-13(11-14-15-16)9-8-12(2)3/h11-12H,4-10H2,1-3H3. The van der Waals surface area contributed by atoms with Crippen molar-refractivity contribution in [3.63, 3.8) is 0 Å². The summed E-state index contributed by atoms with van der Waals surface area (Å²) in [5.41, 5.74) is 1.30. The van der Waals surface area contributed by atoms with Crippen LogP contribution in [0.3, 0.4) is 0 Å². The summed E-state index contributed by atoms with van der Waals surface area (Å²) >= 11 is 0. The van der Waals surface area contributed by atoms with Gasteiger partial charge in [-0.1, -0.05) is 45.2 Å². The Morgan fingerprint density at radius 2 is 2.06 bits per heavy atom. The lowest BCUT2D eigenvalue weighted by Gasteiger charge is -2.07. The van der Waals surface area contributed by atoms with Crippen molar-refractivity contribution < 1.29 is 0 Å². The van der Waals surface area contributed by atoms with Crippen LogP contribution in [0, 0.1) is 5.92 Å². The fourth-order valence-corrected chi connectivity index (χ4v) is 1.79. The van der Waals surface area contributed by atoms with E-state index >= 15 is 0 Å². The van der Waals surface area contributed by atoms with E-state index < -0.39 is 0 Å². The molecule has 0 radical (unpaired) electrons. The zero-order valence-corrected chi connectivity index (χ0v) is 10.9. The molecule has 92 valence electrons. The minimum atomic E-state index is 0.753. The van der Waals surface area contributed by atoms with Crippen LogP contribution in [-0.2, 0) is 13.0 Å². The number of rotatable bonds is 8. The van der Waals surface area contributed by atoms with Crippen molar-refractivity contribution in [3.05, 3.63) is 11.9 Å². The van der Waals surface area contributed by atoms with Crippen molar-refractivity contribution in [1.82, 2.24) is 15.0 Å². The molecule has 3 nitrogen and oxygen atoms in total. The second kappa shape index (κ2) is 7.42. The largest absolute Gasteiger partial charge is 0.249 e. The molecule has 0 aliphatic carbocycles. The first-order valence-corrected chi connectivity index (χ1v) is 6.61. The van der Waals surface area contributed by atoms with Crippen molar-refractivity contribution in [2.45, 2.75) is 65.8 Å². The van der Waals surface area contributed by atoms with Crippen LogP contribution in [0.2, 0.25) is 0 Å². The first-order valence-electron chi connectivity index (χ1n) is 6.61. The van der Waals surface area contributed by atoms with E-state index in [-0.39, 0.29) is 0 Å². The Kier molecular flexibility index (Phi) is 6.12. The maximum absolute atomic E-state index is 4.16. The minimum Gasteiger partial charge on any atom is -0.249 e. The number of aryl methyl sites for hydroxylation is 2. The van der Waals surface area contributed by atoms with Crippen LogP contribution in [0.1, 0.15) is 58.6 Å². The quantitative estimate of drug-likeness (QED) is 0.632. The van der Waals surface area contributed by atoms with E-state index in [1.807, 2.05) is 6.20 Å². The third-order valence-corrected chi connectivity index (χ3v) is 2.90. The highest BCUT2D eigenvalue weighted by molar-refractivity contribution is 4.94. The summed E-state index contributed by atoms with van der Waals surface area (Å²) in [4.78, 5) is 0. The van der Waals surface area contributed by atoms with Gasteiger partial charge in [-0.2, -0.15) is 0 Å². The van der Waals surface area contributed by atoms with E-state index in [0.717, 1.165) is 18.9 Å². The van der Waals surface area contributed by atoms with Crippen molar-refractivity contribution in [3.8, 4) is 0 Å². The van der Waals surface area contributed by atoms with Gasteiger partial charge in [0.2, 0.25) is 0 Å². The third kappa shape index (κ3) is 4.77. The molecule has 0 atom stereocenters. The molecule has 0 amide bonds. The normalized spacial score (nSPS) is 11.2. The fourth-order valence-electron chi connectivity index (χ4n) is 1.79. The second-order valence-corrected chi connectivity index (χ2v) is 4.94. The maximum atomic E-state index is 4.16. The molecule has 0 aliphatic rings. The molecule has 1 heterocycles. The first-order chi connectivity index (χ1) is 7.74. The summed E-state index contributed by atoms with van der Waals surface area (Å²) in [5, 5.41) is 8.17. The smallest absolute Gasteiger partial charge is 0.0725 e. The highest BCUT2D eigenvalue weighted by Crippen LogP contribution is 2.09. The topological polar surface area (TPSA) is 30.7 Å². The average molecular weight is 223 g/mol. The summed E-state index contributed by atoms with van der Waals surface area (Å²) in [6.07, 6.45) is 9.41. The molecule has 1 rings (SSSR count). The predicted molar refractivity (Wildman–Crippen MR) is 67.3 cm³/mol. The van der Waals surface area contributed by atoms with Gasteiger partial charge in [-0.05, 0) is 25.2 Å². The number of unbranched alkanes of at least 4 members (excludes halogenated alkanes) is 3. The Morgan fingerprint density at radius 3 is 2.75 bits per heavy atom. The Morgan fingerprint density at radius 1 is 1.25 bits per heavy atom. The zero-order valence-electron chi connectivity index (χ0n) is 10.9. The third-order valence-electron chi connectivity index (χ3n) is 2.90. The van der Waals surface area contributed by atoms with Crippen LogP contribution < -0.4 is 0 Å². The molecule has 1 aromatic rings. The molecule has 16 heavy (non-hydrogen) atoms. The van der Waals surface area contributed by atoms with E-state index in [0.29, 0.717) is 0 Å². The average Bonchev–Trinajstić information content (AvgIpc) is 2.69. The van der Waals surface area contributed by atoms with E-state index in [9.17, 15) is 0 Å². The molecule has 0 saturated carbocycles. The van der Waals surface area contributed by atoms with Crippen molar-refractivity contribution in [1.29, 1.82) is 0 Å². The monoisotopic (exact) mass is 223 g/mol. The van der Waals surface area contributed by atoms with Crippen LogP contribution in [0.15, 0.2) is 6.20 Å². The second-order valence-electron chi connectivity index (χ2n) is 4.94. The molecule has 0 fully saturated rings. The molecule has 0 aliphatic heterocycles. The van der Waals surface area contributed by atoms with Gasteiger partial charge in [0.15, 0.2) is 0 Å². The number of aromatic nitrogens is 3. The highest BCUT2D eigenvalue weighted by Gasteiger charge is 2.04. The van der Waals surface area contributed by atoms with E-state index in [1.165, 1.54) is 37.8 Å². The van der Waals surface area contributed by atoms with Gasteiger partial charge in [0, 0.05) is 6.54 Å². The predicted octanol–water partition coefficient (Wildman–Crippen LogP) is 3.45. The van der Waals surface area contributed by atoms with Gasteiger partial charge in [-0.15, -0.1) is 5.10 Å². The highest BCUT2D eigenvalue weighted by atomic mass is 15.4. The lowest BCUT2D eigenvalue weighted by molar-refractivity contribution is 0.496. The van der Waals surface area contributed by atoms with Gasteiger partial charge in [0.05, 0.1) is 11.9 Å². The summed E-state index contributed by atoms with van der Waals surface area (Å²) in [6.45, 7) is 7.79. The molecule has 3 heteroatoms. The van der Waals surface area contributed by atoms with Gasteiger partial charge in [-0.3, -0.25) is 0 Å². The summed E-state index contributed by atoms with van der Waals surface area (Å²) in [5.74, 6) is 0.753. The van der Waals surface area contributed by atoms with Gasteiger partial charge >= 0.3 is 0 Å². The van der Waals surface area contributed by atoms with Crippen molar-refractivity contribution in [2.24, 2.45) is 5.92 Å². The van der Waals surface area contributed by atoms with E-state index in [4.69, 9.17) is 0 Å². The molecule has 0 unspecified atom stereocenters. The van der Waals surface area contributed by atoms with Crippen LogP contribution >= 0.6 is 0 Å². The molecule has 0 N–H and O–H groups in total. The lowest BCUT2D eigenvalue weighted by Crippen LogP contribution is -2.06. The van der Waals surface area contributed by atoms with Crippen LogP contribution in [-0.4, -0.2) is 15.0 Å². The van der Waals surface area contributed by atoms with Gasteiger partial charge in [-0.25, -0.2) is 4.68 Å². The zero-order chi connectivity index (χ0) is 11.8. The Bertz CT molecular complexity index is 278. The minimum absolute atomic E-state index is 0.753. The Balaban J connectivity index is 2.32. The van der Waals surface area contributed by atoms with Crippen molar-refractivity contribution >= 4 is 0 Å². The van der Waals surface area contributed by atoms with Crippen molar-refractivity contribution in [2.75, 3.05) is 0 Å². The number of nitrogens with zero attached hydrogens (tertiary/aromatic N) is 3. The molecule has 0 aromatic carbocycles. The Hall–Kier alpha value is -0.860. The first kappa shape index (κ1) is 13.2. The molecule has 1 aromatic heterocycles. The van der Waals surface area contributed by atoms with Gasteiger partial charge in [0.25, 0.3) is 0 Å². The molecule has 0 spiro atoms. The maximum Gasteiger partial charge on any atom is 0.0725 e. The fraction of sp³-hybridized carbons (Fsp3) is 0.846.